The fourth-order valence-corrected chi connectivity index (χ4v) is 2.71. The van der Waals surface area contributed by atoms with E-state index in [1.165, 1.54) is 0 Å². The summed E-state index contributed by atoms with van der Waals surface area (Å²) in [5.41, 5.74) is 7.83. The van der Waals surface area contributed by atoms with Gasteiger partial charge in [0.05, 0.1) is 10.0 Å². The highest BCUT2D eigenvalue weighted by Crippen LogP contribution is 2.30. The topological polar surface area (TPSA) is 26.0 Å². The first-order chi connectivity index (χ1) is 8.16. The summed E-state index contributed by atoms with van der Waals surface area (Å²) in [5.74, 6) is 0.824. The third-order valence-electron chi connectivity index (χ3n) is 2.34. The normalized spacial score (nSPS) is 10.5. The monoisotopic (exact) mass is 283 g/mol. The molecule has 0 saturated carbocycles. The van der Waals surface area contributed by atoms with Gasteiger partial charge in [-0.05, 0) is 29.8 Å². The van der Waals surface area contributed by atoms with E-state index in [2.05, 4.69) is 0 Å². The molecular weight excluding hydrogens is 273 g/mol. The third-order valence-corrected chi connectivity index (χ3v) is 4.12. The maximum atomic E-state index is 5.96. The van der Waals surface area contributed by atoms with Crippen molar-refractivity contribution in [3.05, 3.63) is 58.1 Å². The second-order valence-corrected chi connectivity index (χ2v) is 5.43. The summed E-state index contributed by atoms with van der Waals surface area (Å²) in [6, 6.07) is 13.5. The van der Waals surface area contributed by atoms with E-state index in [-0.39, 0.29) is 0 Å². The van der Waals surface area contributed by atoms with Gasteiger partial charge in [-0.25, -0.2) is 0 Å². The van der Waals surface area contributed by atoms with Crippen LogP contribution in [0.1, 0.15) is 5.56 Å². The zero-order valence-electron chi connectivity index (χ0n) is 8.99. The van der Waals surface area contributed by atoms with Crippen molar-refractivity contribution in [1.82, 2.24) is 0 Å². The minimum absolute atomic E-state index is 0.579. The standard InChI is InChI=1S/C13H11Cl2NS/c14-11-6-5-10(7-12(11)15)17-8-9-3-1-2-4-13(9)16/h1-7H,8,16H2. The summed E-state index contributed by atoms with van der Waals surface area (Å²) in [7, 11) is 0. The van der Waals surface area contributed by atoms with Gasteiger partial charge < -0.3 is 5.73 Å². The molecule has 0 spiro atoms. The molecule has 0 fully saturated rings. The van der Waals surface area contributed by atoms with Gasteiger partial charge in [-0.15, -0.1) is 11.8 Å². The van der Waals surface area contributed by atoms with Crippen LogP contribution in [0.4, 0.5) is 5.69 Å². The van der Waals surface area contributed by atoms with Crippen molar-refractivity contribution in [1.29, 1.82) is 0 Å². The molecule has 4 heteroatoms. The summed E-state index contributed by atoms with van der Waals surface area (Å²) in [6.07, 6.45) is 0. The van der Waals surface area contributed by atoms with Crippen molar-refractivity contribution in [3.63, 3.8) is 0 Å². The SMILES string of the molecule is Nc1ccccc1CSc1ccc(Cl)c(Cl)c1. The summed E-state index contributed by atoms with van der Waals surface area (Å²) in [6.45, 7) is 0. The lowest BCUT2D eigenvalue weighted by atomic mass is 10.2. The van der Waals surface area contributed by atoms with Gasteiger partial charge in [0.2, 0.25) is 0 Å². The molecule has 0 saturated heterocycles. The Bertz CT molecular complexity index is 529. The van der Waals surface area contributed by atoms with Crippen molar-refractivity contribution in [2.75, 3.05) is 5.73 Å². The van der Waals surface area contributed by atoms with E-state index < -0.39 is 0 Å². The average molecular weight is 284 g/mol. The first-order valence-corrected chi connectivity index (χ1v) is 6.82. The van der Waals surface area contributed by atoms with Crippen LogP contribution < -0.4 is 5.73 Å². The zero-order chi connectivity index (χ0) is 12.3. The summed E-state index contributed by atoms with van der Waals surface area (Å²) < 4.78 is 0. The van der Waals surface area contributed by atoms with Crippen LogP contribution in [0.25, 0.3) is 0 Å². The Morgan fingerprint density at radius 3 is 2.47 bits per heavy atom. The van der Waals surface area contributed by atoms with E-state index in [1.807, 2.05) is 36.4 Å². The second kappa shape index (κ2) is 5.67. The number of para-hydroxylation sites is 1. The Morgan fingerprint density at radius 2 is 1.76 bits per heavy atom. The molecule has 2 aromatic carbocycles. The maximum absolute atomic E-state index is 5.96. The Hall–Kier alpha value is -0.830. The van der Waals surface area contributed by atoms with Crippen molar-refractivity contribution in [2.45, 2.75) is 10.6 Å². The summed E-state index contributed by atoms with van der Waals surface area (Å²) >= 11 is 13.5. The molecule has 0 atom stereocenters. The molecule has 2 N–H and O–H groups in total. The molecule has 0 radical (unpaired) electrons. The van der Waals surface area contributed by atoms with Gasteiger partial charge in [0.25, 0.3) is 0 Å². The van der Waals surface area contributed by atoms with Crippen LogP contribution in [-0.4, -0.2) is 0 Å². The number of benzene rings is 2. The molecule has 0 bridgehead atoms. The summed E-state index contributed by atoms with van der Waals surface area (Å²) in [4.78, 5) is 1.09. The van der Waals surface area contributed by atoms with Crippen molar-refractivity contribution in [2.24, 2.45) is 0 Å². The van der Waals surface area contributed by atoms with Gasteiger partial charge in [0, 0.05) is 16.3 Å². The predicted molar refractivity (Wildman–Crippen MR) is 76.9 cm³/mol. The molecule has 0 unspecified atom stereocenters. The van der Waals surface area contributed by atoms with E-state index in [4.69, 9.17) is 28.9 Å². The molecule has 17 heavy (non-hydrogen) atoms. The Labute approximate surface area is 115 Å². The lowest BCUT2D eigenvalue weighted by molar-refractivity contribution is 1.38. The average Bonchev–Trinajstić information content (AvgIpc) is 2.32. The first kappa shape index (κ1) is 12.6. The first-order valence-electron chi connectivity index (χ1n) is 5.08. The van der Waals surface area contributed by atoms with Gasteiger partial charge in [0.1, 0.15) is 0 Å². The highest BCUT2D eigenvalue weighted by molar-refractivity contribution is 7.98. The van der Waals surface area contributed by atoms with Crippen molar-refractivity contribution < 1.29 is 0 Å². The predicted octanol–water partition coefficient (Wildman–Crippen LogP) is 4.87. The Morgan fingerprint density at radius 1 is 1.00 bits per heavy atom. The van der Waals surface area contributed by atoms with E-state index in [9.17, 15) is 0 Å². The zero-order valence-corrected chi connectivity index (χ0v) is 11.3. The highest BCUT2D eigenvalue weighted by Gasteiger charge is 2.02. The van der Waals surface area contributed by atoms with E-state index in [0.29, 0.717) is 10.0 Å². The van der Waals surface area contributed by atoms with Crippen molar-refractivity contribution >= 4 is 40.7 Å². The number of halogens is 2. The molecule has 88 valence electrons. The minimum Gasteiger partial charge on any atom is -0.398 e. The van der Waals surface area contributed by atoms with Crippen LogP contribution in [0.5, 0.6) is 0 Å². The van der Waals surface area contributed by atoms with Gasteiger partial charge in [-0.1, -0.05) is 41.4 Å². The van der Waals surface area contributed by atoms with Crippen LogP contribution in [0, 0.1) is 0 Å². The Balaban J connectivity index is 2.08. The molecule has 2 aromatic rings. The van der Waals surface area contributed by atoms with E-state index >= 15 is 0 Å². The number of anilines is 1. The molecule has 0 aliphatic carbocycles. The molecule has 0 aliphatic rings. The van der Waals surface area contributed by atoms with Gasteiger partial charge in [-0.2, -0.15) is 0 Å². The quantitative estimate of drug-likeness (QED) is 0.643. The van der Waals surface area contributed by atoms with Crippen LogP contribution in [0.2, 0.25) is 10.0 Å². The van der Waals surface area contributed by atoms with Gasteiger partial charge in [0.15, 0.2) is 0 Å². The Kier molecular flexibility index (Phi) is 4.21. The molecule has 0 amide bonds. The van der Waals surface area contributed by atoms with E-state index in [1.54, 1.807) is 17.8 Å². The molecule has 2 rings (SSSR count). The molecule has 0 heterocycles. The number of hydrogen-bond donors (Lipinski definition) is 1. The van der Waals surface area contributed by atoms with Crippen LogP contribution in [0.15, 0.2) is 47.4 Å². The number of thioether (sulfide) groups is 1. The molecule has 0 aromatic heterocycles. The second-order valence-electron chi connectivity index (χ2n) is 3.56. The fraction of sp³-hybridized carbons (Fsp3) is 0.0769. The fourth-order valence-electron chi connectivity index (χ4n) is 1.39. The number of hydrogen-bond acceptors (Lipinski definition) is 2. The van der Waals surface area contributed by atoms with Crippen molar-refractivity contribution in [3.8, 4) is 0 Å². The van der Waals surface area contributed by atoms with Crippen LogP contribution in [0.3, 0.4) is 0 Å². The van der Waals surface area contributed by atoms with Gasteiger partial charge >= 0.3 is 0 Å². The summed E-state index contributed by atoms with van der Waals surface area (Å²) in [5, 5.41) is 1.16. The highest BCUT2D eigenvalue weighted by atomic mass is 35.5. The minimum atomic E-state index is 0.579. The molecule has 1 nitrogen and oxygen atoms in total. The number of rotatable bonds is 3. The van der Waals surface area contributed by atoms with Crippen LogP contribution in [-0.2, 0) is 5.75 Å². The number of nitrogens with two attached hydrogens (primary N) is 1. The number of nitrogen functional groups attached to an aromatic ring is 1. The van der Waals surface area contributed by atoms with Gasteiger partial charge in [-0.3, -0.25) is 0 Å². The molecular formula is C13H11Cl2NS. The molecule has 0 aliphatic heterocycles. The largest absolute Gasteiger partial charge is 0.398 e. The maximum Gasteiger partial charge on any atom is 0.0603 e. The van der Waals surface area contributed by atoms with E-state index in [0.717, 1.165) is 21.9 Å². The third kappa shape index (κ3) is 3.32. The lowest BCUT2D eigenvalue weighted by Crippen LogP contribution is -1.91. The lowest BCUT2D eigenvalue weighted by Gasteiger charge is -2.06. The van der Waals surface area contributed by atoms with Crippen LogP contribution >= 0.6 is 35.0 Å². The smallest absolute Gasteiger partial charge is 0.0603 e.